The summed E-state index contributed by atoms with van der Waals surface area (Å²) >= 11 is 1.42. The van der Waals surface area contributed by atoms with Crippen LogP contribution in [-0.4, -0.2) is 57.6 Å². The summed E-state index contributed by atoms with van der Waals surface area (Å²) in [6.45, 7) is 4.90. The molecule has 0 N–H and O–H groups in total. The number of aryl methyl sites for hydroxylation is 1. The molecule has 0 saturated carbocycles. The minimum Gasteiger partial charge on any atom is -0.342 e. The van der Waals surface area contributed by atoms with Crippen LogP contribution in [0.15, 0.2) is 30.3 Å². The fraction of sp³-hybridized carbons (Fsp3) is 0.458. The minimum atomic E-state index is -0.293. The largest absolute Gasteiger partial charge is 0.342 e. The van der Waals surface area contributed by atoms with Crippen molar-refractivity contribution < 1.29 is 14.0 Å². The molecule has 32 heavy (non-hydrogen) atoms. The summed E-state index contributed by atoms with van der Waals surface area (Å²) in [7, 11) is 0. The van der Waals surface area contributed by atoms with Gasteiger partial charge in [0.15, 0.2) is 0 Å². The predicted octanol–water partition coefficient (Wildman–Crippen LogP) is 4.40. The standard InChI is InChI=1S/C24H27FN4O2S/c1-16-20-15-21(32-24(20)29(26-16)19-7-5-18(25)6-8-19)23(31)28-13-9-17(10-14-28)22(30)27-11-3-2-4-12-27/h5-8,15,17H,2-4,9-14H2,1H3. The Kier molecular flexibility index (Phi) is 5.71. The lowest BCUT2D eigenvalue weighted by Gasteiger charge is -2.35. The zero-order valence-corrected chi connectivity index (χ0v) is 19.0. The van der Waals surface area contributed by atoms with Crippen LogP contribution in [0.5, 0.6) is 0 Å². The van der Waals surface area contributed by atoms with E-state index in [1.165, 1.54) is 29.9 Å². The van der Waals surface area contributed by atoms with E-state index in [1.807, 2.05) is 22.8 Å². The van der Waals surface area contributed by atoms with Gasteiger partial charge in [-0.2, -0.15) is 5.10 Å². The van der Waals surface area contributed by atoms with Gasteiger partial charge in [0.05, 0.1) is 16.3 Å². The number of benzene rings is 1. The summed E-state index contributed by atoms with van der Waals surface area (Å²) in [5.41, 5.74) is 1.60. The molecule has 2 amide bonds. The maximum absolute atomic E-state index is 13.3. The number of thiophene rings is 1. The van der Waals surface area contributed by atoms with E-state index in [2.05, 4.69) is 5.10 Å². The van der Waals surface area contributed by atoms with E-state index >= 15 is 0 Å². The second-order valence-electron chi connectivity index (χ2n) is 8.76. The van der Waals surface area contributed by atoms with E-state index in [9.17, 15) is 14.0 Å². The highest BCUT2D eigenvalue weighted by Gasteiger charge is 2.31. The van der Waals surface area contributed by atoms with Gasteiger partial charge in [-0.15, -0.1) is 11.3 Å². The molecular weight excluding hydrogens is 427 g/mol. The van der Waals surface area contributed by atoms with Crippen LogP contribution in [0.25, 0.3) is 15.9 Å². The molecule has 2 aliphatic heterocycles. The molecule has 2 saturated heterocycles. The van der Waals surface area contributed by atoms with Crippen LogP contribution in [0.2, 0.25) is 0 Å². The Labute approximate surface area is 190 Å². The third-order valence-electron chi connectivity index (χ3n) is 6.63. The molecule has 4 heterocycles. The number of amides is 2. The maximum atomic E-state index is 13.3. The Hall–Kier alpha value is -2.74. The Morgan fingerprint density at radius 3 is 2.38 bits per heavy atom. The number of hydrogen-bond donors (Lipinski definition) is 0. The monoisotopic (exact) mass is 454 g/mol. The fourth-order valence-electron chi connectivity index (χ4n) is 4.77. The van der Waals surface area contributed by atoms with Crippen molar-refractivity contribution in [3.8, 4) is 5.69 Å². The Balaban J connectivity index is 1.30. The van der Waals surface area contributed by atoms with Gasteiger partial charge in [0.25, 0.3) is 5.91 Å². The second-order valence-corrected chi connectivity index (χ2v) is 9.79. The summed E-state index contributed by atoms with van der Waals surface area (Å²) in [4.78, 5) is 31.5. The third kappa shape index (κ3) is 3.92. The molecule has 1 aromatic carbocycles. The summed E-state index contributed by atoms with van der Waals surface area (Å²) in [5.74, 6) is 0.0285. The quantitative estimate of drug-likeness (QED) is 0.589. The average Bonchev–Trinajstić information content (AvgIpc) is 3.40. The van der Waals surface area contributed by atoms with Crippen molar-refractivity contribution in [1.29, 1.82) is 0 Å². The zero-order chi connectivity index (χ0) is 22.2. The molecule has 3 aromatic rings. The molecule has 5 rings (SSSR count). The van der Waals surface area contributed by atoms with E-state index in [4.69, 9.17) is 0 Å². The van der Waals surface area contributed by atoms with Gasteiger partial charge in [0.2, 0.25) is 5.91 Å². The van der Waals surface area contributed by atoms with Gasteiger partial charge >= 0.3 is 0 Å². The Morgan fingerprint density at radius 2 is 1.69 bits per heavy atom. The molecule has 0 spiro atoms. The number of carbonyl (C=O) groups excluding carboxylic acids is 2. The molecule has 0 radical (unpaired) electrons. The van der Waals surface area contributed by atoms with Crippen LogP contribution in [0, 0.1) is 18.7 Å². The highest BCUT2D eigenvalue weighted by molar-refractivity contribution is 7.20. The molecule has 0 bridgehead atoms. The molecule has 6 nitrogen and oxygen atoms in total. The smallest absolute Gasteiger partial charge is 0.264 e. The first-order valence-corrected chi connectivity index (χ1v) is 12.2. The summed E-state index contributed by atoms with van der Waals surface area (Å²) in [6.07, 6.45) is 4.88. The van der Waals surface area contributed by atoms with E-state index in [0.717, 1.165) is 60.4 Å². The van der Waals surface area contributed by atoms with Gasteiger partial charge in [0, 0.05) is 37.5 Å². The normalized spacial score (nSPS) is 17.8. The van der Waals surface area contributed by atoms with Crippen LogP contribution < -0.4 is 0 Å². The number of piperidine rings is 2. The number of halogens is 1. The van der Waals surface area contributed by atoms with Crippen LogP contribution in [0.3, 0.4) is 0 Å². The highest BCUT2D eigenvalue weighted by atomic mass is 32.1. The molecule has 8 heteroatoms. The number of aromatic nitrogens is 2. The highest BCUT2D eigenvalue weighted by Crippen LogP contribution is 2.32. The fourth-order valence-corrected chi connectivity index (χ4v) is 5.92. The van der Waals surface area contributed by atoms with Crippen molar-refractivity contribution in [3.63, 3.8) is 0 Å². The van der Waals surface area contributed by atoms with Crippen molar-refractivity contribution in [3.05, 3.63) is 46.7 Å². The number of fused-ring (bicyclic) bond motifs is 1. The van der Waals surface area contributed by atoms with Crippen LogP contribution >= 0.6 is 11.3 Å². The Bertz CT molecular complexity index is 1140. The first kappa shape index (κ1) is 21.1. The van der Waals surface area contributed by atoms with Crippen LogP contribution in [0.4, 0.5) is 4.39 Å². The lowest BCUT2D eigenvalue weighted by atomic mass is 9.94. The second kappa shape index (κ2) is 8.65. The lowest BCUT2D eigenvalue weighted by Crippen LogP contribution is -2.45. The van der Waals surface area contributed by atoms with Crippen LogP contribution in [-0.2, 0) is 4.79 Å². The molecular formula is C24H27FN4O2S. The van der Waals surface area contributed by atoms with Crippen molar-refractivity contribution in [1.82, 2.24) is 19.6 Å². The van der Waals surface area contributed by atoms with Crippen molar-refractivity contribution >= 4 is 33.4 Å². The average molecular weight is 455 g/mol. The SMILES string of the molecule is Cc1nn(-c2ccc(F)cc2)c2sc(C(=O)N3CCC(C(=O)N4CCCCC4)CC3)cc12. The molecule has 0 atom stereocenters. The zero-order valence-electron chi connectivity index (χ0n) is 18.2. The predicted molar refractivity (Wildman–Crippen MR) is 123 cm³/mol. The number of rotatable bonds is 3. The lowest BCUT2D eigenvalue weighted by molar-refractivity contribution is -0.137. The van der Waals surface area contributed by atoms with E-state index < -0.39 is 0 Å². The number of nitrogens with zero attached hydrogens (tertiary/aromatic N) is 4. The van der Waals surface area contributed by atoms with Crippen molar-refractivity contribution in [2.75, 3.05) is 26.2 Å². The molecule has 2 aromatic heterocycles. The summed E-state index contributed by atoms with van der Waals surface area (Å²) in [5, 5.41) is 5.52. The third-order valence-corrected chi connectivity index (χ3v) is 7.72. The number of likely N-dealkylation sites (tertiary alicyclic amines) is 2. The molecule has 2 aliphatic rings. The van der Waals surface area contributed by atoms with Gasteiger partial charge in [-0.05, 0) is 69.4 Å². The van der Waals surface area contributed by atoms with Gasteiger partial charge in [-0.25, -0.2) is 9.07 Å². The topological polar surface area (TPSA) is 58.4 Å². The van der Waals surface area contributed by atoms with Crippen molar-refractivity contribution in [2.24, 2.45) is 5.92 Å². The van der Waals surface area contributed by atoms with E-state index in [-0.39, 0.29) is 23.5 Å². The van der Waals surface area contributed by atoms with Gasteiger partial charge in [-0.3, -0.25) is 9.59 Å². The molecule has 0 unspecified atom stereocenters. The van der Waals surface area contributed by atoms with Gasteiger partial charge in [-0.1, -0.05) is 0 Å². The van der Waals surface area contributed by atoms with Gasteiger partial charge in [0.1, 0.15) is 10.6 Å². The molecule has 168 valence electrons. The molecule has 0 aliphatic carbocycles. The van der Waals surface area contributed by atoms with E-state index in [1.54, 1.807) is 16.8 Å². The number of hydrogen-bond acceptors (Lipinski definition) is 4. The first-order chi connectivity index (χ1) is 15.5. The van der Waals surface area contributed by atoms with Crippen molar-refractivity contribution in [2.45, 2.75) is 39.0 Å². The number of carbonyl (C=O) groups is 2. The maximum Gasteiger partial charge on any atom is 0.264 e. The van der Waals surface area contributed by atoms with Crippen LogP contribution in [0.1, 0.15) is 47.5 Å². The van der Waals surface area contributed by atoms with E-state index in [0.29, 0.717) is 18.0 Å². The molecule has 2 fully saturated rings. The Morgan fingerprint density at radius 1 is 1.00 bits per heavy atom. The summed E-state index contributed by atoms with van der Waals surface area (Å²) < 4.78 is 15.1. The summed E-state index contributed by atoms with van der Waals surface area (Å²) in [6, 6.07) is 8.11. The van der Waals surface area contributed by atoms with Gasteiger partial charge < -0.3 is 9.80 Å². The first-order valence-electron chi connectivity index (χ1n) is 11.3. The minimum absolute atomic E-state index is 0.0140.